The Morgan fingerprint density at radius 1 is 0.412 bits per heavy atom. The van der Waals surface area contributed by atoms with Crippen LogP contribution in [0.2, 0.25) is 0 Å². The molecule has 0 unspecified atom stereocenters. The maximum atomic E-state index is 5.59. The molecule has 7 heteroatoms. The SMILES string of the molecule is CCCCCCCCCOCCOCCOCCOCCOCCOCCOc1ccccc1. The fourth-order valence-electron chi connectivity index (χ4n) is 3.10. The minimum Gasteiger partial charge on any atom is -0.491 e. The molecule has 1 aromatic carbocycles. The smallest absolute Gasteiger partial charge is 0.119 e. The molecule has 0 heterocycles. The molecule has 1 aromatic rings. The van der Waals surface area contributed by atoms with E-state index in [0.29, 0.717) is 79.3 Å². The Kier molecular flexibility index (Phi) is 23.9. The lowest BCUT2D eigenvalue weighted by atomic mass is 10.1. The lowest BCUT2D eigenvalue weighted by Crippen LogP contribution is -2.14. The van der Waals surface area contributed by atoms with Crippen molar-refractivity contribution >= 4 is 0 Å². The Bertz CT molecular complexity index is 501. The zero-order valence-electron chi connectivity index (χ0n) is 21.4. The number of benzene rings is 1. The molecule has 1 rings (SSSR count). The van der Waals surface area contributed by atoms with Gasteiger partial charge >= 0.3 is 0 Å². The molecule has 0 atom stereocenters. The Morgan fingerprint density at radius 3 is 1.26 bits per heavy atom. The molecule has 34 heavy (non-hydrogen) atoms. The van der Waals surface area contributed by atoms with Gasteiger partial charge in [-0.3, -0.25) is 0 Å². The molecule has 0 radical (unpaired) electrons. The van der Waals surface area contributed by atoms with Crippen LogP contribution < -0.4 is 4.74 Å². The van der Waals surface area contributed by atoms with Gasteiger partial charge in [-0.25, -0.2) is 0 Å². The highest BCUT2D eigenvalue weighted by molar-refractivity contribution is 5.20. The summed E-state index contributed by atoms with van der Waals surface area (Å²) >= 11 is 0. The van der Waals surface area contributed by atoms with Gasteiger partial charge in [-0.15, -0.1) is 0 Å². The van der Waals surface area contributed by atoms with Crippen LogP contribution >= 0.6 is 0 Å². The summed E-state index contributed by atoms with van der Waals surface area (Å²) in [5, 5.41) is 0. The average molecular weight is 485 g/mol. The Hall–Kier alpha value is -1.22. The first-order valence-electron chi connectivity index (χ1n) is 13.1. The van der Waals surface area contributed by atoms with Crippen molar-refractivity contribution < 1.29 is 33.2 Å². The van der Waals surface area contributed by atoms with E-state index in [9.17, 15) is 0 Å². The van der Waals surface area contributed by atoms with Crippen LogP contribution in [0.5, 0.6) is 5.75 Å². The van der Waals surface area contributed by atoms with Crippen molar-refractivity contribution in [3.05, 3.63) is 30.3 Å². The minimum atomic E-state index is 0.533. The number of rotatable bonds is 27. The molecule has 0 saturated heterocycles. The number of unbranched alkanes of at least 4 members (excludes halogenated alkanes) is 6. The van der Waals surface area contributed by atoms with Crippen molar-refractivity contribution in [1.29, 1.82) is 0 Å². The molecule has 0 N–H and O–H groups in total. The van der Waals surface area contributed by atoms with E-state index >= 15 is 0 Å². The van der Waals surface area contributed by atoms with Gasteiger partial charge < -0.3 is 33.2 Å². The summed E-state index contributed by atoms with van der Waals surface area (Å²) in [5.41, 5.74) is 0. The average Bonchev–Trinajstić information content (AvgIpc) is 2.87. The molecule has 0 aliphatic heterocycles. The predicted molar refractivity (Wildman–Crippen MR) is 135 cm³/mol. The first-order chi connectivity index (χ1) is 16.9. The topological polar surface area (TPSA) is 64.6 Å². The Labute approximate surface area is 207 Å². The highest BCUT2D eigenvalue weighted by atomic mass is 16.6. The summed E-state index contributed by atoms with van der Waals surface area (Å²) in [6.45, 7) is 9.90. The predicted octanol–water partition coefficient (Wildman–Crippen LogP) is 4.92. The van der Waals surface area contributed by atoms with Gasteiger partial charge in [0.2, 0.25) is 0 Å². The van der Waals surface area contributed by atoms with Gasteiger partial charge in [-0.1, -0.05) is 63.6 Å². The van der Waals surface area contributed by atoms with Crippen molar-refractivity contribution in [1.82, 2.24) is 0 Å². The van der Waals surface area contributed by atoms with E-state index in [-0.39, 0.29) is 0 Å². The summed E-state index contributed by atoms with van der Waals surface area (Å²) in [4.78, 5) is 0. The van der Waals surface area contributed by atoms with Crippen molar-refractivity contribution in [3.63, 3.8) is 0 Å². The summed E-state index contributed by atoms with van der Waals surface area (Å²) < 4.78 is 38.5. The van der Waals surface area contributed by atoms with Crippen LogP contribution in [0.1, 0.15) is 51.9 Å². The normalized spacial score (nSPS) is 11.2. The summed E-state index contributed by atoms with van der Waals surface area (Å²) in [5.74, 6) is 0.856. The maximum Gasteiger partial charge on any atom is 0.119 e. The van der Waals surface area contributed by atoms with Gasteiger partial charge in [0.15, 0.2) is 0 Å². The number of hydrogen-bond donors (Lipinski definition) is 0. The second-order valence-electron chi connectivity index (χ2n) is 7.96. The van der Waals surface area contributed by atoms with Crippen LogP contribution in [0.25, 0.3) is 0 Å². The third kappa shape index (κ3) is 22.6. The Morgan fingerprint density at radius 2 is 0.794 bits per heavy atom. The van der Waals surface area contributed by atoms with Gasteiger partial charge in [0, 0.05) is 6.61 Å². The lowest BCUT2D eigenvalue weighted by Gasteiger charge is -2.09. The molecule has 0 bridgehead atoms. The summed E-state index contributed by atoms with van der Waals surface area (Å²) in [6, 6.07) is 9.71. The van der Waals surface area contributed by atoms with Crippen molar-refractivity contribution in [3.8, 4) is 5.75 Å². The van der Waals surface area contributed by atoms with Crippen molar-refractivity contribution in [2.45, 2.75) is 51.9 Å². The van der Waals surface area contributed by atoms with E-state index in [1.54, 1.807) is 0 Å². The molecule has 0 aliphatic rings. The zero-order chi connectivity index (χ0) is 24.2. The third-order valence-corrected chi connectivity index (χ3v) is 4.99. The summed E-state index contributed by atoms with van der Waals surface area (Å²) in [6.07, 6.45) is 9.15. The van der Waals surface area contributed by atoms with E-state index in [1.807, 2.05) is 30.3 Å². The van der Waals surface area contributed by atoms with E-state index in [4.69, 9.17) is 33.2 Å². The van der Waals surface area contributed by atoms with Crippen LogP contribution in [0.15, 0.2) is 30.3 Å². The molecular formula is C27H48O7. The number of para-hydroxylation sites is 1. The highest BCUT2D eigenvalue weighted by Crippen LogP contribution is 2.08. The molecular weight excluding hydrogens is 436 g/mol. The second-order valence-corrected chi connectivity index (χ2v) is 7.96. The molecule has 0 saturated carbocycles. The quantitative estimate of drug-likeness (QED) is 0.164. The van der Waals surface area contributed by atoms with Gasteiger partial charge in [0.05, 0.1) is 72.7 Å². The van der Waals surface area contributed by atoms with Gasteiger partial charge in [-0.05, 0) is 18.6 Å². The molecule has 7 nitrogen and oxygen atoms in total. The lowest BCUT2D eigenvalue weighted by molar-refractivity contribution is -0.0179. The molecule has 0 amide bonds. The first kappa shape index (κ1) is 30.8. The fraction of sp³-hybridized carbons (Fsp3) is 0.778. The zero-order valence-corrected chi connectivity index (χ0v) is 21.4. The second kappa shape index (κ2) is 26.4. The van der Waals surface area contributed by atoms with E-state index in [1.165, 1.54) is 38.5 Å². The van der Waals surface area contributed by atoms with Crippen molar-refractivity contribution in [2.75, 3.05) is 85.9 Å². The maximum absolute atomic E-state index is 5.59. The number of hydrogen-bond acceptors (Lipinski definition) is 7. The van der Waals surface area contributed by atoms with Crippen LogP contribution in [0.4, 0.5) is 0 Å². The fourth-order valence-corrected chi connectivity index (χ4v) is 3.10. The van der Waals surface area contributed by atoms with Crippen LogP contribution in [-0.4, -0.2) is 85.9 Å². The van der Waals surface area contributed by atoms with Crippen LogP contribution in [0, 0.1) is 0 Å². The van der Waals surface area contributed by atoms with E-state index in [0.717, 1.165) is 18.8 Å². The largest absolute Gasteiger partial charge is 0.491 e. The number of ether oxygens (including phenoxy) is 7. The van der Waals surface area contributed by atoms with Gasteiger partial charge in [0.25, 0.3) is 0 Å². The van der Waals surface area contributed by atoms with Gasteiger partial charge in [-0.2, -0.15) is 0 Å². The third-order valence-electron chi connectivity index (χ3n) is 4.99. The monoisotopic (exact) mass is 484 g/mol. The standard InChI is InChI=1S/C27H48O7/c1-2-3-4-5-6-7-11-14-28-15-16-29-17-18-30-19-20-31-21-22-32-23-24-33-25-26-34-27-12-9-8-10-13-27/h8-10,12-13H,2-7,11,14-26H2,1H3. The highest BCUT2D eigenvalue weighted by Gasteiger charge is 1.96. The summed E-state index contributed by atoms with van der Waals surface area (Å²) in [7, 11) is 0. The van der Waals surface area contributed by atoms with E-state index < -0.39 is 0 Å². The first-order valence-corrected chi connectivity index (χ1v) is 13.1. The van der Waals surface area contributed by atoms with E-state index in [2.05, 4.69) is 6.92 Å². The van der Waals surface area contributed by atoms with Gasteiger partial charge in [0.1, 0.15) is 12.4 Å². The molecule has 198 valence electrons. The minimum absolute atomic E-state index is 0.533. The molecule has 0 spiro atoms. The van der Waals surface area contributed by atoms with Crippen LogP contribution in [-0.2, 0) is 28.4 Å². The van der Waals surface area contributed by atoms with Crippen LogP contribution in [0.3, 0.4) is 0 Å². The molecule has 0 aliphatic carbocycles. The Balaban J connectivity index is 1.64. The van der Waals surface area contributed by atoms with Crippen molar-refractivity contribution in [2.24, 2.45) is 0 Å². The molecule has 0 aromatic heterocycles. The molecule has 0 fully saturated rings.